The van der Waals surface area contributed by atoms with Crippen LogP contribution in [0, 0.1) is 11.6 Å². The minimum atomic E-state index is -1.23. The van der Waals surface area contributed by atoms with Crippen molar-refractivity contribution in [2.45, 2.75) is 0 Å². The SMILES string of the molecule is O=C(O)c1ccccc1-c1c2cc(F)c(=O)cc-2oc2cc(O)c(F)cc12. The first-order chi connectivity index (χ1) is 12.9. The molecule has 0 fully saturated rings. The lowest BCUT2D eigenvalue weighted by Gasteiger charge is -2.17. The van der Waals surface area contributed by atoms with Crippen LogP contribution in [0.25, 0.3) is 33.4 Å². The van der Waals surface area contributed by atoms with Crippen molar-refractivity contribution < 1.29 is 28.2 Å². The van der Waals surface area contributed by atoms with Crippen LogP contribution in [-0.2, 0) is 0 Å². The Hall–Kier alpha value is -3.74. The Balaban J connectivity index is 2.27. The lowest BCUT2D eigenvalue weighted by molar-refractivity contribution is 0.0697. The monoisotopic (exact) mass is 368 g/mol. The van der Waals surface area contributed by atoms with Crippen LogP contribution < -0.4 is 5.43 Å². The molecule has 0 amide bonds. The normalized spacial score (nSPS) is 11.2. The van der Waals surface area contributed by atoms with Crippen LogP contribution in [0.3, 0.4) is 0 Å². The van der Waals surface area contributed by atoms with E-state index in [1.165, 1.54) is 18.2 Å². The summed E-state index contributed by atoms with van der Waals surface area (Å²) in [6.07, 6.45) is 0. The Kier molecular flexibility index (Phi) is 3.66. The lowest BCUT2D eigenvalue weighted by Crippen LogP contribution is -2.07. The number of fused-ring (bicyclic) bond motifs is 2. The number of phenolic OH excluding ortho intramolecular Hbond substituents is 1. The molecule has 1 aliphatic carbocycles. The molecule has 7 heteroatoms. The van der Waals surface area contributed by atoms with Gasteiger partial charge in [-0.05, 0) is 23.8 Å². The molecule has 27 heavy (non-hydrogen) atoms. The molecule has 2 aliphatic rings. The highest BCUT2D eigenvalue weighted by atomic mass is 19.1. The second-order valence-corrected chi connectivity index (χ2v) is 5.91. The Morgan fingerprint density at radius 1 is 0.963 bits per heavy atom. The summed E-state index contributed by atoms with van der Waals surface area (Å²) in [4.78, 5) is 23.3. The molecule has 0 bridgehead atoms. The quantitative estimate of drug-likeness (QED) is 0.517. The standard InChI is InChI=1S/C20H10F2O5/c21-13-5-11-17(7-15(13)23)27-18-8-16(24)14(22)6-12(18)19(11)9-3-1-2-4-10(9)20(25)26/h1-8,23H,(H,25,26). The Morgan fingerprint density at radius 2 is 1.70 bits per heavy atom. The second kappa shape index (κ2) is 5.91. The second-order valence-electron chi connectivity index (χ2n) is 5.91. The number of carboxylic acids is 1. The van der Waals surface area contributed by atoms with Crippen molar-refractivity contribution in [2.24, 2.45) is 0 Å². The van der Waals surface area contributed by atoms with Gasteiger partial charge in [-0.25, -0.2) is 13.6 Å². The average Bonchev–Trinajstić information content (AvgIpc) is 2.63. The minimum Gasteiger partial charge on any atom is -0.505 e. The number of carboxylic acid groups (broad SMARTS) is 1. The maximum absolute atomic E-state index is 14.0. The molecule has 1 aliphatic heterocycles. The molecule has 0 saturated heterocycles. The lowest BCUT2D eigenvalue weighted by atomic mass is 9.90. The molecule has 0 spiro atoms. The average molecular weight is 368 g/mol. The number of phenols is 1. The summed E-state index contributed by atoms with van der Waals surface area (Å²) in [7, 11) is 0. The van der Waals surface area contributed by atoms with Gasteiger partial charge in [-0.2, -0.15) is 0 Å². The molecule has 0 radical (unpaired) electrons. The molecular formula is C20H10F2O5. The minimum absolute atomic E-state index is 0.0163. The maximum atomic E-state index is 14.0. The van der Waals surface area contributed by atoms with E-state index in [0.717, 1.165) is 24.3 Å². The van der Waals surface area contributed by atoms with Crippen molar-refractivity contribution >= 4 is 16.9 Å². The summed E-state index contributed by atoms with van der Waals surface area (Å²) in [5.41, 5.74) is -0.497. The first kappa shape index (κ1) is 16.7. The maximum Gasteiger partial charge on any atom is 0.336 e. The van der Waals surface area contributed by atoms with Crippen molar-refractivity contribution in [3.05, 3.63) is 76.0 Å². The topological polar surface area (TPSA) is 87.7 Å². The van der Waals surface area contributed by atoms with E-state index in [4.69, 9.17) is 4.42 Å². The number of aromatic hydroxyl groups is 1. The number of benzene rings is 3. The fourth-order valence-electron chi connectivity index (χ4n) is 3.08. The van der Waals surface area contributed by atoms with E-state index in [0.29, 0.717) is 0 Å². The van der Waals surface area contributed by atoms with Gasteiger partial charge in [0.15, 0.2) is 17.4 Å². The van der Waals surface area contributed by atoms with Gasteiger partial charge >= 0.3 is 5.97 Å². The molecule has 2 aromatic rings. The third kappa shape index (κ3) is 2.60. The molecule has 2 aromatic carbocycles. The van der Waals surface area contributed by atoms with Gasteiger partial charge in [-0.15, -0.1) is 0 Å². The van der Waals surface area contributed by atoms with E-state index in [1.54, 1.807) is 6.07 Å². The van der Waals surface area contributed by atoms with Crippen LogP contribution in [0.5, 0.6) is 5.75 Å². The van der Waals surface area contributed by atoms with Crippen molar-refractivity contribution in [1.29, 1.82) is 0 Å². The van der Waals surface area contributed by atoms with Gasteiger partial charge in [0, 0.05) is 28.6 Å². The van der Waals surface area contributed by atoms with Gasteiger partial charge < -0.3 is 14.6 Å². The Morgan fingerprint density at radius 3 is 2.44 bits per heavy atom. The zero-order valence-electron chi connectivity index (χ0n) is 13.5. The molecule has 1 heterocycles. The van der Waals surface area contributed by atoms with Crippen molar-refractivity contribution in [3.63, 3.8) is 0 Å². The predicted octanol–water partition coefficient (Wildman–Crippen LogP) is 4.25. The number of carbonyl (C=O) groups is 1. The third-order valence-corrected chi connectivity index (χ3v) is 4.27. The summed E-state index contributed by atoms with van der Waals surface area (Å²) >= 11 is 0. The van der Waals surface area contributed by atoms with E-state index < -0.39 is 28.8 Å². The highest BCUT2D eigenvalue weighted by Crippen LogP contribution is 2.42. The van der Waals surface area contributed by atoms with Crippen molar-refractivity contribution in [1.82, 2.24) is 0 Å². The van der Waals surface area contributed by atoms with Crippen LogP contribution >= 0.6 is 0 Å². The van der Waals surface area contributed by atoms with Crippen LogP contribution in [0.4, 0.5) is 8.78 Å². The molecule has 134 valence electrons. The van der Waals surface area contributed by atoms with Gasteiger partial charge in [0.05, 0.1) is 5.56 Å². The third-order valence-electron chi connectivity index (χ3n) is 4.27. The van der Waals surface area contributed by atoms with Gasteiger partial charge in [0.1, 0.15) is 11.3 Å². The number of hydrogen-bond acceptors (Lipinski definition) is 4. The Bertz CT molecular complexity index is 1260. The van der Waals surface area contributed by atoms with Crippen LogP contribution in [-0.4, -0.2) is 16.2 Å². The fraction of sp³-hybridized carbons (Fsp3) is 0. The van der Waals surface area contributed by atoms with Gasteiger partial charge in [-0.1, -0.05) is 18.2 Å². The van der Waals surface area contributed by atoms with Crippen LogP contribution in [0.2, 0.25) is 0 Å². The van der Waals surface area contributed by atoms with E-state index in [2.05, 4.69) is 0 Å². The smallest absolute Gasteiger partial charge is 0.336 e. The van der Waals surface area contributed by atoms with E-state index >= 15 is 0 Å². The van der Waals surface area contributed by atoms with Crippen LogP contribution in [0.1, 0.15) is 10.4 Å². The molecule has 0 unspecified atom stereocenters. The highest BCUT2D eigenvalue weighted by molar-refractivity contribution is 6.07. The number of hydrogen-bond donors (Lipinski definition) is 2. The summed E-state index contributed by atoms with van der Waals surface area (Å²) in [6, 6.07) is 9.80. The van der Waals surface area contributed by atoms with Gasteiger partial charge in [-0.3, -0.25) is 4.79 Å². The zero-order valence-corrected chi connectivity index (χ0v) is 13.5. The van der Waals surface area contributed by atoms with E-state index in [1.807, 2.05) is 0 Å². The molecule has 0 atom stereocenters. The fourth-order valence-corrected chi connectivity index (χ4v) is 3.08. The summed E-state index contributed by atoms with van der Waals surface area (Å²) < 4.78 is 33.5. The van der Waals surface area contributed by atoms with Gasteiger partial charge in [0.25, 0.3) is 0 Å². The Labute approximate surface area is 150 Å². The highest BCUT2D eigenvalue weighted by Gasteiger charge is 2.23. The van der Waals surface area contributed by atoms with E-state index in [-0.39, 0.29) is 39.0 Å². The predicted molar refractivity (Wildman–Crippen MR) is 93.1 cm³/mol. The first-order valence-corrected chi connectivity index (χ1v) is 7.78. The van der Waals surface area contributed by atoms with Gasteiger partial charge in [0.2, 0.25) is 5.43 Å². The summed E-state index contributed by atoms with van der Waals surface area (Å²) in [5, 5.41) is 19.3. The summed E-state index contributed by atoms with van der Waals surface area (Å²) in [6.45, 7) is 0. The molecule has 0 aromatic heterocycles. The molecular weight excluding hydrogens is 358 g/mol. The van der Waals surface area contributed by atoms with Crippen molar-refractivity contribution in [2.75, 3.05) is 0 Å². The molecule has 5 nitrogen and oxygen atoms in total. The summed E-state index contributed by atoms with van der Waals surface area (Å²) in [5.74, 6) is -3.92. The van der Waals surface area contributed by atoms with Crippen molar-refractivity contribution in [3.8, 4) is 28.2 Å². The zero-order chi connectivity index (χ0) is 19.3. The molecule has 0 saturated carbocycles. The number of rotatable bonds is 2. The first-order valence-electron chi connectivity index (χ1n) is 7.78. The van der Waals surface area contributed by atoms with E-state index in [9.17, 15) is 28.6 Å². The largest absolute Gasteiger partial charge is 0.505 e. The van der Waals surface area contributed by atoms with Crippen LogP contribution in [0.15, 0.2) is 57.7 Å². The molecule has 2 N–H and O–H groups in total. The number of aromatic carboxylic acids is 1. The number of halogens is 2. The molecule has 4 rings (SSSR count).